The summed E-state index contributed by atoms with van der Waals surface area (Å²) in [6.45, 7) is 7.75. The number of ether oxygens (including phenoxy) is 1. The second kappa shape index (κ2) is 9.40. The predicted octanol–water partition coefficient (Wildman–Crippen LogP) is 2.73. The van der Waals surface area contributed by atoms with E-state index in [1.165, 1.54) is 0 Å². The fraction of sp³-hybridized carbons (Fsp3) is 0.588. The highest BCUT2D eigenvalue weighted by molar-refractivity contribution is 5.81. The Morgan fingerprint density at radius 3 is 2.43 bits per heavy atom. The molecule has 1 unspecified atom stereocenters. The average molecular weight is 292 g/mol. The topological polar surface area (TPSA) is 50.4 Å². The molecule has 0 radical (unpaired) electrons. The Labute approximate surface area is 128 Å². The molecular weight excluding hydrogens is 264 g/mol. The van der Waals surface area contributed by atoms with E-state index in [1.54, 1.807) is 7.05 Å². The number of hydrogen-bond donors (Lipinski definition) is 2. The van der Waals surface area contributed by atoms with Gasteiger partial charge in [0.1, 0.15) is 5.75 Å². The molecule has 0 aliphatic carbocycles. The van der Waals surface area contributed by atoms with Crippen LogP contribution in [-0.2, 0) is 11.3 Å². The van der Waals surface area contributed by atoms with Gasteiger partial charge in [0.25, 0.3) is 0 Å². The van der Waals surface area contributed by atoms with Crippen LogP contribution in [0.1, 0.15) is 39.2 Å². The summed E-state index contributed by atoms with van der Waals surface area (Å²) in [6, 6.07) is 7.88. The summed E-state index contributed by atoms with van der Waals surface area (Å²) in [5.74, 6) is 1.42. The number of rotatable bonds is 9. The number of hydrogen-bond acceptors (Lipinski definition) is 3. The minimum atomic E-state index is -0.147. The van der Waals surface area contributed by atoms with Crippen molar-refractivity contribution >= 4 is 5.91 Å². The van der Waals surface area contributed by atoms with Crippen molar-refractivity contribution in [3.8, 4) is 5.75 Å². The van der Waals surface area contributed by atoms with Gasteiger partial charge in [-0.15, -0.1) is 0 Å². The van der Waals surface area contributed by atoms with E-state index in [1.807, 2.05) is 24.3 Å². The maximum atomic E-state index is 11.8. The van der Waals surface area contributed by atoms with Gasteiger partial charge < -0.3 is 15.4 Å². The van der Waals surface area contributed by atoms with Crippen molar-refractivity contribution in [2.24, 2.45) is 5.92 Å². The van der Waals surface area contributed by atoms with Crippen molar-refractivity contribution in [3.63, 3.8) is 0 Å². The maximum Gasteiger partial charge on any atom is 0.236 e. The molecule has 0 fully saturated rings. The first kappa shape index (κ1) is 17.5. The largest absolute Gasteiger partial charge is 0.494 e. The van der Waals surface area contributed by atoms with Gasteiger partial charge in [0.2, 0.25) is 5.91 Å². The fourth-order valence-electron chi connectivity index (χ4n) is 2.09. The van der Waals surface area contributed by atoms with E-state index < -0.39 is 0 Å². The third kappa shape index (κ3) is 6.63. The molecule has 1 rings (SSSR count). The molecule has 0 saturated heterocycles. The third-order valence-electron chi connectivity index (χ3n) is 3.22. The standard InChI is InChI=1S/C17H28N2O2/c1-5-10-21-15-8-6-14(7-9-15)12-19-16(11-13(2)3)17(20)18-4/h6-9,13,16,19H,5,10-12H2,1-4H3,(H,18,20). The Hall–Kier alpha value is -1.55. The highest BCUT2D eigenvalue weighted by Gasteiger charge is 2.17. The lowest BCUT2D eigenvalue weighted by atomic mass is 10.0. The molecule has 1 amide bonds. The smallest absolute Gasteiger partial charge is 0.236 e. The van der Waals surface area contributed by atoms with Gasteiger partial charge >= 0.3 is 0 Å². The Morgan fingerprint density at radius 1 is 1.24 bits per heavy atom. The van der Waals surface area contributed by atoms with E-state index in [0.29, 0.717) is 12.5 Å². The van der Waals surface area contributed by atoms with Crippen molar-refractivity contribution in [3.05, 3.63) is 29.8 Å². The van der Waals surface area contributed by atoms with E-state index >= 15 is 0 Å². The van der Waals surface area contributed by atoms with E-state index in [2.05, 4.69) is 31.4 Å². The second-order valence-electron chi connectivity index (χ2n) is 5.67. The number of amides is 1. The molecular formula is C17H28N2O2. The van der Waals surface area contributed by atoms with Crippen molar-refractivity contribution in [2.45, 2.75) is 46.2 Å². The summed E-state index contributed by atoms with van der Waals surface area (Å²) in [7, 11) is 1.68. The molecule has 2 N–H and O–H groups in total. The van der Waals surface area contributed by atoms with Gasteiger partial charge in [0, 0.05) is 13.6 Å². The van der Waals surface area contributed by atoms with Crippen LogP contribution < -0.4 is 15.4 Å². The molecule has 0 aliphatic heterocycles. The van der Waals surface area contributed by atoms with E-state index in [-0.39, 0.29) is 11.9 Å². The molecule has 4 nitrogen and oxygen atoms in total. The van der Waals surface area contributed by atoms with Crippen molar-refractivity contribution in [2.75, 3.05) is 13.7 Å². The van der Waals surface area contributed by atoms with Gasteiger partial charge in [0.15, 0.2) is 0 Å². The zero-order valence-electron chi connectivity index (χ0n) is 13.6. The number of nitrogens with one attached hydrogen (secondary N) is 2. The normalized spacial score (nSPS) is 12.2. The van der Waals surface area contributed by atoms with Crippen LogP contribution in [0.25, 0.3) is 0 Å². The van der Waals surface area contributed by atoms with Crippen LogP contribution in [-0.4, -0.2) is 25.6 Å². The van der Waals surface area contributed by atoms with Crippen molar-refractivity contribution < 1.29 is 9.53 Å². The third-order valence-corrected chi connectivity index (χ3v) is 3.22. The minimum Gasteiger partial charge on any atom is -0.494 e. The maximum absolute atomic E-state index is 11.8. The molecule has 0 bridgehead atoms. The summed E-state index contributed by atoms with van der Waals surface area (Å²) in [5.41, 5.74) is 1.15. The first-order valence-corrected chi connectivity index (χ1v) is 7.73. The van der Waals surface area contributed by atoms with Crippen LogP contribution in [0, 0.1) is 5.92 Å². The molecule has 21 heavy (non-hydrogen) atoms. The molecule has 1 aromatic rings. The predicted molar refractivity (Wildman–Crippen MR) is 86.4 cm³/mol. The highest BCUT2D eigenvalue weighted by atomic mass is 16.5. The Bertz CT molecular complexity index is 415. The lowest BCUT2D eigenvalue weighted by Gasteiger charge is -2.19. The zero-order valence-corrected chi connectivity index (χ0v) is 13.6. The molecule has 1 aromatic carbocycles. The number of carbonyl (C=O) groups is 1. The quantitative estimate of drug-likeness (QED) is 0.736. The first-order chi connectivity index (χ1) is 10.1. The molecule has 1 atom stereocenters. The monoisotopic (exact) mass is 292 g/mol. The Morgan fingerprint density at radius 2 is 1.90 bits per heavy atom. The van der Waals surface area contributed by atoms with Gasteiger partial charge in [-0.3, -0.25) is 4.79 Å². The van der Waals surface area contributed by atoms with Gasteiger partial charge in [-0.1, -0.05) is 32.9 Å². The molecule has 4 heteroatoms. The number of carbonyl (C=O) groups excluding carboxylic acids is 1. The summed E-state index contributed by atoms with van der Waals surface area (Å²) >= 11 is 0. The SMILES string of the molecule is CCCOc1ccc(CNC(CC(C)C)C(=O)NC)cc1. The first-order valence-electron chi connectivity index (χ1n) is 7.73. The van der Waals surface area contributed by atoms with Crippen molar-refractivity contribution in [1.29, 1.82) is 0 Å². The van der Waals surface area contributed by atoms with Gasteiger partial charge in [-0.2, -0.15) is 0 Å². The average Bonchev–Trinajstić information content (AvgIpc) is 2.49. The minimum absolute atomic E-state index is 0.0478. The van der Waals surface area contributed by atoms with E-state index in [0.717, 1.165) is 30.8 Å². The summed E-state index contributed by atoms with van der Waals surface area (Å²) in [4.78, 5) is 11.8. The van der Waals surface area contributed by atoms with Crippen LogP contribution >= 0.6 is 0 Å². The van der Waals surface area contributed by atoms with Gasteiger partial charge in [-0.25, -0.2) is 0 Å². The lowest BCUT2D eigenvalue weighted by Crippen LogP contribution is -2.43. The van der Waals surface area contributed by atoms with E-state index in [4.69, 9.17) is 4.74 Å². The molecule has 118 valence electrons. The van der Waals surface area contributed by atoms with Gasteiger partial charge in [-0.05, 0) is 36.5 Å². The highest BCUT2D eigenvalue weighted by Crippen LogP contribution is 2.13. The van der Waals surface area contributed by atoms with Crippen molar-refractivity contribution in [1.82, 2.24) is 10.6 Å². The Balaban J connectivity index is 2.52. The van der Waals surface area contributed by atoms with Crippen LogP contribution in [0.3, 0.4) is 0 Å². The van der Waals surface area contributed by atoms with Crippen LogP contribution in [0.5, 0.6) is 5.75 Å². The molecule has 0 heterocycles. The lowest BCUT2D eigenvalue weighted by molar-refractivity contribution is -0.123. The molecule has 0 spiro atoms. The zero-order chi connectivity index (χ0) is 15.7. The van der Waals surface area contributed by atoms with Gasteiger partial charge in [0.05, 0.1) is 12.6 Å². The second-order valence-corrected chi connectivity index (χ2v) is 5.67. The van der Waals surface area contributed by atoms with E-state index in [9.17, 15) is 4.79 Å². The molecule has 0 aromatic heterocycles. The van der Waals surface area contributed by atoms with Crippen LogP contribution in [0.15, 0.2) is 24.3 Å². The van der Waals surface area contributed by atoms with Crippen LogP contribution in [0.4, 0.5) is 0 Å². The summed E-state index contributed by atoms with van der Waals surface area (Å²) in [6.07, 6.45) is 1.84. The molecule has 0 aliphatic rings. The summed E-state index contributed by atoms with van der Waals surface area (Å²) in [5, 5.41) is 6.05. The molecule has 0 saturated carbocycles. The number of likely N-dealkylation sites (N-methyl/N-ethyl adjacent to an activating group) is 1. The summed E-state index contributed by atoms with van der Waals surface area (Å²) < 4.78 is 5.56. The van der Waals surface area contributed by atoms with Crippen LogP contribution in [0.2, 0.25) is 0 Å². The Kier molecular flexibility index (Phi) is 7.83. The number of benzene rings is 1. The fourth-order valence-corrected chi connectivity index (χ4v) is 2.09.